The molecular weight excluding hydrogens is 402 g/mol. The molecule has 2 aromatic rings. The molecule has 7 nitrogen and oxygen atoms in total. The summed E-state index contributed by atoms with van der Waals surface area (Å²) < 4.78 is 27.0. The molecule has 0 saturated carbocycles. The summed E-state index contributed by atoms with van der Waals surface area (Å²) in [6, 6.07) is 12.8. The molecule has 0 spiro atoms. The second kappa shape index (κ2) is 8.33. The highest BCUT2D eigenvalue weighted by atomic mass is 19.1. The minimum Gasteiger partial charge on any atom is -0.340 e. The number of carbonyl (C=O) groups is 1. The number of hydrogen-bond donors (Lipinski definition) is 3. The minimum absolute atomic E-state index is 0.0227. The van der Waals surface area contributed by atoms with Crippen LogP contribution >= 0.6 is 0 Å². The molecular formula is C22H24F2N6O. The fourth-order valence-corrected chi connectivity index (χ4v) is 4.47. The van der Waals surface area contributed by atoms with E-state index in [0.717, 1.165) is 11.1 Å². The minimum atomic E-state index is -0.286. The second-order valence-corrected chi connectivity index (χ2v) is 8.05. The van der Waals surface area contributed by atoms with Gasteiger partial charge in [-0.25, -0.2) is 19.2 Å². The SMILES string of the molecule is O=C1NC(N2CCN(C(c3ccc(F)cc3)c3ccc(F)cc3)CC2)=NC2NNCC12. The van der Waals surface area contributed by atoms with E-state index in [1.807, 2.05) is 0 Å². The fourth-order valence-electron chi connectivity index (χ4n) is 4.47. The van der Waals surface area contributed by atoms with Crippen LogP contribution < -0.4 is 16.2 Å². The van der Waals surface area contributed by atoms with E-state index in [1.54, 1.807) is 24.3 Å². The Morgan fingerprint density at radius 3 is 2.06 bits per heavy atom. The molecule has 3 N–H and O–H groups in total. The summed E-state index contributed by atoms with van der Waals surface area (Å²) in [5, 5.41) is 2.93. The van der Waals surface area contributed by atoms with Gasteiger partial charge in [-0.1, -0.05) is 24.3 Å². The Bertz CT molecular complexity index is 927. The van der Waals surface area contributed by atoms with Gasteiger partial charge in [0.2, 0.25) is 11.9 Å². The molecule has 162 valence electrons. The molecule has 3 heterocycles. The van der Waals surface area contributed by atoms with Crippen LogP contribution in [0.1, 0.15) is 17.2 Å². The molecule has 0 radical (unpaired) electrons. The average molecular weight is 426 g/mol. The summed E-state index contributed by atoms with van der Waals surface area (Å²) >= 11 is 0. The van der Waals surface area contributed by atoms with Crippen LogP contribution in [0.5, 0.6) is 0 Å². The summed E-state index contributed by atoms with van der Waals surface area (Å²) in [4.78, 5) is 21.4. The third kappa shape index (κ3) is 4.04. The van der Waals surface area contributed by atoms with E-state index in [0.29, 0.717) is 38.7 Å². The van der Waals surface area contributed by atoms with Crippen molar-refractivity contribution in [2.24, 2.45) is 10.9 Å². The molecule has 0 aliphatic carbocycles. The van der Waals surface area contributed by atoms with E-state index in [2.05, 4.69) is 31.0 Å². The number of carbonyl (C=O) groups excluding carboxylic acids is 1. The number of amides is 1. The molecule has 9 heteroatoms. The Morgan fingerprint density at radius 1 is 0.903 bits per heavy atom. The first-order chi connectivity index (χ1) is 15.1. The van der Waals surface area contributed by atoms with Crippen molar-refractivity contribution in [1.82, 2.24) is 26.0 Å². The van der Waals surface area contributed by atoms with E-state index in [-0.39, 0.29) is 35.7 Å². The van der Waals surface area contributed by atoms with Gasteiger partial charge in [-0.15, -0.1) is 0 Å². The maximum absolute atomic E-state index is 13.5. The van der Waals surface area contributed by atoms with Crippen molar-refractivity contribution in [3.05, 3.63) is 71.3 Å². The molecule has 2 fully saturated rings. The molecule has 2 aromatic carbocycles. The quantitative estimate of drug-likeness (QED) is 0.688. The number of nitrogens with one attached hydrogen (secondary N) is 3. The van der Waals surface area contributed by atoms with Crippen LogP contribution in [0, 0.1) is 17.6 Å². The highest BCUT2D eigenvalue weighted by molar-refractivity contribution is 6.00. The van der Waals surface area contributed by atoms with Crippen LogP contribution in [0.15, 0.2) is 53.5 Å². The van der Waals surface area contributed by atoms with E-state index in [4.69, 9.17) is 0 Å². The first-order valence-electron chi connectivity index (χ1n) is 10.5. The Morgan fingerprint density at radius 2 is 1.48 bits per heavy atom. The van der Waals surface area contributed by atoms with Crippen molar-refractivity contribution in [2.75, 3.05) is 32.7 Å². The number of guanidine groups is 1. The smallest absolute Gasteiger partial charge is 0.234 e. The average Bonchev–Trinajstić information content (AvgIpc) is 3.26. The highest BCUT2D eigenvalue weighted by Gasteiger charge is 2.38. The maximum atomic E-state index is 13.5. The van der Waals surface area contributed by atoms with Gasteiger partial charge >= 0.3 is 0 Å². The normalized spacial score (nSPS) is 24.2. The van der Waals surface area contributed by atoms with Crippen LogP contribution in [0.25, 0.3) is 0 Å². The summed E-state index contributed by atoms with van der Waals surface area (Å²) in [5.41, 5.74) is 7.93. The van der Waals surface area contributed by atoms with Gasteiger partial charge in [0.15, 0.2) is 0 Å². The van der Waals surface area contributed by atoms with E-state index >= 15 is 0 Å². The Kier molecular flexibility index (Phi) is 5.39. The molecule has 2 atom stereocenters. The maximum Gasteiger partial charge on any atom is 0.234 e. The van der Waals surface area contributed by atoms with Crippen LogP contribution in [-0.2, 0) is 4.79 Å². The molecule has 0 aromatic heterocycles. The lowest BCUT2D eigenvalue weighted by Crippen LogP contribution is -2.58. The summed E-state index contributed by atoms with van der Waals surface area (Å²) in [6.45, 7) is 3.37. The first-order valence-corrected chi connectivity index (χ1v) is 10.5. The monoisotopic (exact) mass is 426 g/mol. The van der Waals surface area contributed by atoms with Crippen molar-refractivity contribution < 1.29 is 13.6 Å². The predicted molar refractivity (Wildman–Crippen MR) is 112 cm³/mol. The number of rotatable bonds is 3. The third-order valence-electron chi connectivity index (χ3n) is 6.14. The van der Waals surface area contributed by atoms with Crippen molar-refractivity contribution >= 4 is 11.9 Å². The van der Waals surface area contributed by atoms with Crippen molar-refractivity contribution in [2.45, 2.75) is 12.2 Å². The van der Waals surface area contributed by atoms with Gasteiger partial charge in [-0.05, 0) is 35.4 Å². The Hall–Kier alpha value is -2.88. The lowest BCUT2D eigenvalue weighted by Gasteiger charge is -2.41. The van der Waals surface area contributed by atoms with Gasteiger partial charge in [0.05, 0.1) is 12.0 Å². The van der Waals surface area contributed by atoms with E-state index < -0.39 is 0 Å². The number of nitrogens with zero attached hydrogens (tertiary/aromatic N) is 3. The van der Waals surface area contributed by atoms with Gasteiger partial charge < -0.3 is 4.90 Å². The lowest BCUT2D eigenvalue weighted by molar-refractivity contribution is -0.124. The lowest BCUT2D eigenvalue weighted by atomic mass is 9.96. The number of halogens is 2. The number of hydrazine groups is 1. The largest absolute Gasteiger partial charge is 0.340 e. The van der Waals surface area contributed by atoms with Crippen molar-refractivity contribution in [3.8, 4) is 0 Å². The topological polar surface area (TPSA) is 72.0 Å². The van der Waals surface area contributed by atoms with Crippen LogP contribution in [-0.4, -0.2) is 60.6 Å². The number of hydrogen-bond acceptors (Lipinski definition) is 6. The zero-order valence-electron chi connectivity index (χ0n) is 16.9. The molecule has 5 rings (SSSR count). The van der Waals surface area contributed by atoms with Crippen molar-refractivity contribution in [1.29, 1.82) is 0 Å². The summed E-state index contributed by atoms with van der Waals surface area (Å²) in [6.07, 6.45) is -0.243. The van der Waals surface area contributed by atoms with Crippen LogP contribution in [0.3, 0.4) is 0 Å². The van der Waals surface area contributed by atoms with E-state index in [1.165, 1.54) is 24.3 Å². The van der Waals surface area contributed by atoms with Crippen LogP contribution in [0.2, 0.25) is 0 Å². The molecule has 3 aliphatic rings. The molecule has 0 bridgehead atoms. The zero-order chi connectivity index (χ0) is 21.4. The molecule has 3 aliphatic heterocycles. The van der Waals surface area contributed by atoms with Gasteiger partial charge in [0.25, 0.3) is 0 Å². The van der Waals surface area contributed by atoms with Crippen LogP contribution in [0.4, 0.5) is 8.78 Å². The number of piperazine rings is 1. The molecule has 2 saturated heterocycles. The number of fused-ring (bicyclic) bond motifs is 1. The van der Waals surface area contributed by atoms with Gasteiger partial charge in [-0.3, -0.25) is 20.4 Å². The fraction of sp³-hybridized carbons (Fsp3) is 0.364. The predicted octanol–water partition coefficient (Wildman–Crippen LogP) is 1.21. The molecule has 31 heavy (non-hydrogen) atoms. The van der Waals surface area contributed by atoms with Crippen molar-refractivity contribution in [3.63, 3.8) is 0 Å². The Labute approximate surface area is 179 Å². The number of aliphatic imine (C=N–C) groups is 1. The standard InChI is InChI=1S/C22H24F2N6O/c23-16-5-1-14(2-6-16)19(15-3-7-17(24)8-4-15)29-9-11-30(12-10-29)22-26-20-18(13-25-28-20)21(31)27-22/h1-8,18-20,25,28H,9-13H2,(H,26,27,31). The van der Waals surface area contributed by atoms with Gasteiger partial charge in [-0.2, -0.15) is 0 Å². The van der Waals surface area contributed by atoms with Gasteiger partial charge in [0.1, 0.15) is 17.8 Å². The molecule has 1 amide bonds. The molecule has 2 unspecified atom stereocenters. The third-order valence-corrected chi connectivity index (χ3v) is 6.14. The first kappa shape index (κ1) is 20.0. The van der Waals surface area contributed by atoms with E-state index in [9.17, 15) is 13.6 Å². The Balaban J connectivity index is 1.34. The highest BCUT2D eigenvalue weighted by Crippen LogP contribution is 2.30. The number of benzene rings is 2. The second-order valence-electron chi connectivity index (χ2n) is 8.05. The van der Waals surface area contributed by atoms with Gasteiger partial charge in [0, 0.05) is 32.7 Å². The zero-order valence-corrected chi connectivity index (χ0v) is 16.9. The summed E-state index contributed by atoms with van der Waals surface area (Å²) in [5.74, 6) is -0.185. The summed E-state index contributed by atoms with van der Waals surface area (Å²) in [7, 11) is 0.